The van der Waals surface area contributed by atoms with Crippen LogP contribution in [0.2, 0.25) is 0 Å². The Bertz CT molecular complexity index is 1790. The highest BCUT2D eigenvalue weighted by molar-refractivity contribution is 6.39. The number of imide groups is 1. The summed E-state index contributed by atoms with van der Waals surface area (Å²) in [6, 6.07) is 10.7. The molecule has 37 heavy (non-hydrogen) atoms. The Morgan fingerprint density at radius 3 is 2.41 bits per heavy atom. The second-order valence-electron chi connectivity index (χ2n) is 9.52. The number of ether oxygens (including phenoxy) is 1. The van der Waals surface area contributed by atoms with Crippen LogP contribution in [0.3, 0.4) is 0 Å². The molecule has 2 aliphatic heterocycles. The summed E-state index contributed by atoms with van der Waals surface area (Å²) in [5, 5.41) is 44.1. The summed E-state index contributed by atoms with van der Waals surface area (Å²) in [6.07, 6.45) is -5.45. The number of aromatic nitrogens is 3. The molecule has 5 N–H and O–H groups in total. The third kappa shape index (κ3) is 2.69. The summed E-state index contributed by atoms with van der Waals surface area (Å²) in [5.41, 5.74) is 2.55. The molecule has 1 saturated heterocycles. The molecule has 2 aromatic carbocycles. The molecule has 11 heteroatoms. The molecule has 1 fully saturated rings. The van der Waals surface area contributed by atoms with Crippen LogP contribution in [-0.4, -0.2) is 89.7 Å². The summed E-state index contributed by atoms with van der Waals surface area (Å²) in [4.78, 5) is 35.6. The SMILES string of the molecule is CN1C(=O)c2c(c3c4ccccc4n([C@@H]4O[C@H](CO)[C@@H](O)[C@H](O)[C@H]4O)c3c3[nH]c4ncccc4c23)C1=O. The van der Waals surface area contributed by atoms with Crippen molar-refractivity contribution in [2.45, 2.75) is 30.6 Å². The van der Waals surface area contributed by atoms with Crippen molar-refractivity contribution in [2.75, 3.05) is 13.7 Å². The molecule has 0 spiro atoms. The number of H-pyrrole nitrogens is 1. The number of aliphatic hydroxyl groups is 4. The number of fused-ring (bicyclic) bond motifs is 10. The summed E-state index contributed by atoms with van der Waals surface area (Å²) in [7, 11) is 1.44. The van der Waals surface area contributed by atoms with Gasteiger partial charge in [0, 0.05) is 34.8 Å². The van der Waals surface area contributed by atoms with Crippen LogP contribution in [0, 0.1) is 0 Å². The lowest BCUT2D eigenvalue weighted by molar-refractivity contribution is -0.249. The van der Waals surface area contributed by atoms with Crippen molar-refractivity contribution in [2.24, 2.45) is 0 Å². The number of aliphatic hydroxyl groups excluding tert-OH is 4. The monoisotopic (exact) mass is 502 g/mol. The molecule has 2 amide bonds. The van der Waals surface area contributed by atoms with E-state index in [9.17, 15) is 30.0 Å². The van der Waals surface area contributed by atoms with Gasteiger partial charge in [-0.05, 0) is 18.2 Å². The number of pyridine rings is 1. The molecule has 5 heterocycles. The molecule has 5 aromatic rings. The Morgan fingerprint density at radius 1 is 0.946 bits per heavy atom. The summed E-state index contributed by atoms with van der Waals surface area (Å²) in [5.74, 6) is -0.886. The molecule has 11 nitrogen and oxygen atoms in total. The number of hydrogen-bond acceptors (Lipinski definition) is 8. The highest BCUT2D eigenvalue weighted by Crippen LogP contribution is 2.46. The van der Waals surface area contributed by atoms with Crippen LogP contribution < -0.4 is 0 Å². The van der Waals surface area contributed by atoms with E-state index in [2.05, 4.69) is 9.97 Å². The summed E-state index contributed by atoms with van der Waals surface area (Å²) < 4.78 is 7.62. The Kier molecular flexibility index (Phi) is 4.57. The second-order valence-corrected chi connectivity index (χ2v) is 9.52. The highest BCUT2D eigenvalue weighted by atomic mass is 16.6. The normalized spacial score (nSPS) is 26.3. The molecular formula is C26H22N4O7. The van der Waals surface area contributed by atoms with Crippen molar-refractivity contribution >= 4 is 55.6 Å². The molecule has 0 radical (unpaired) electrons. The number of amides is 2. The topological polar surface area (TPSA) is 161 Å². The largest absolute Gasteiger partial charge is 0.394 e. The van der Waals surface area contributed by atoms with Gasteiger partial charge in [-0.1, -0.05) is 18.2 Å². The van der Waals surface area contributed by atoms with E-state index < -0.39 is 49.1 Å². The van der Waals surface area contributed by atoms with Gasteiger partial charge in [0.25, 0.3) is 11.8 Å². The second kappa shape index (κ2) is 7.57. The number of carbonyl (C=O) groups excluding carboxylic acids is 2. The molecule has 7 rings (SSSR count). The maximum absolute atomic E-state index is 13.5. The molecule has 0 unspecified atom stereocenters. The van der Waals surface area contributed by atoms with Gasteiger partial charge in [-0.2, -0.15) is 0 Å². The Balaban J connectivity index is 1.71. The minimum atomic E-state index is -1.60. The minimum Gasteiger partial charge on any atom is -0.394 e. The lowest BCUT2D eigenvalue weighted by atomic mass is 9.96. The molecule has 3 aromatic heterocycles. The number of para-hydroxylation sites is 1. The number of hydrogen-bond donors (Lipinski definition) is 5. The van der Waals surface area contributed by atoms with Crippen molar-refractivity contribution in [3.63, 3.8) is 0 Å². The number of rotatable bonds is 2. The average molecular weight is 502 g/mol. The van der Waals surface area contributed by atoms with Gasteiger partial charge < -0.3 is 34.7 Å². The molecule has 0 bridgehead atoms. The first kappa shape index (κ1) is 22.3. The number of aromatic amines is 1. The van der Waals surface area contributed by atoms with E-state index in [1.165, 1.54) is 7.05 Å². The van der Waals surface area contributed by atoms with E-state index in [4.69, 9.17) is 4.74 Å². The van der Waals surface area contributed by atoms with Gasteiger partial charge >= 0.3 is 0 Å². The van der Waals surface area contributed by atoms with Gasteiger partial charge in [0.05, 0.1) is 34.3 Å². The maximum Gasteiger partial charge on any atom is 0.262 e. The first-order valence-electron chi connectivity index (χ1n) is 11.8. The Hall–Kier alpha value is -3.87. The molecular weight excluding hydrogens is 480 g/mol. The van der Waals surface area contributed by atoms with E-state index >= 15 is 0 Å². The zero-order valence-corrected chi connectivity index (χ0v) is 19.5. The van der Waals surface area contributed by atoms with Crippen molar-refractivity contribution in [1.29, 1.82) is 0 Å². The van der Waals surface area contributed by atoms with Gasteiger partial charge in [0.1, 0.15) is 30.1 Å². The van der Waals surface area contributed by atoms with E-state index in [0.29, 0.717) is 43.7 Å². The lowest BCUT2D eigenvalue weighted by Gasteiger charge is -2.41. The molecule has 188 valence electrons. The first-order chi connectivity index (χ1) is 17.8. The van der Waals surface area contributed by atoms with Crippen LogP contribution in [0.1, 0.15) is 26.9 Å². The molecule has 0 saturated carbocycles. The van der Waals surface area contributed by atoms with Crippen molar-refractivity contribution < 1.29 is 34.8 Å². The summed E-state index contributed by atoms with van der Waals surface area (Å²) in [6.45, 7) is -0.586. The lowest BCUT2D eigenvalue weighted by Crippen LogP contribution is -2.56. The molecule has 5 atom stereocenters. The van der Waals surface area contributed by atoms with Crippen LogP contribution in [0.25, 0.3) is 43.7 Å². The Morgan fingerprint density at radius 2 is 1.65 bits per heavy atom. The number of nitrogens with one attached hydrogen (secondary N) is 1. The fourth-order valence-corrected chi connectivity index (χ4v) is 5.89. The number of carbonyl (C=O) groups is 2. The molecule has 2 aliphatic rings. The van der Waals surface area contributed by atoms with E-state index in [1.54, 1.807) is 41.1 Å². The third-order valence-electron chi connectivity index (χ3n) is 7.63. The number of nitrogens with zero attached hydrogens (tertiary/aromatic N) is 3. The smallest absolute Gasteiger partial charge is 0.262 e. The zero-order chi connectivity index (χ0) is 25.7. The quantitative estimate of drug-likeness (QED) is 0.224. The average Bonchev–Trinajstić information content (AvgIpc) is 3.53. The minimum absolute atomic E-state index is 0.235. The van der Waals surface area contributed by atoms with Crippen LogP contribution >= 0.6 is 0 Å². The highest BCUT2D eigenvalue weighted by Gasteiger charge is 2.46. The first-order valence-corrected chi connectivity index (χ1v) is 11.8. The van der Waals surface area contributed by atoms with Crippen molar-refractivity contribution in [1.82, 2.24) is 19.4 Å². The zero-order valence-electron chi connectivity index (χ0n) is 19.5. The van der Waals surface area contributed by atoms with Crippen molar-refractivity contribution in [3.8, 4) is 0 Å². The van der Waals surface area contributed by atoms with Gasteiger partial charge in [-0.25, -0.2) is 4.98 Å². The predicted molar refractivity (Wildman–Crippen MR) is 132 cm³/mol. The Labute approximate surface area is 208 Å². The van der Waals surface area contributed by atoms with Gasteiger partial charge in [0.2, 0.25) is 0 Å². The van der Waals surface area contributed by atoms with E-state index in [-0.39, 0.29) is 11.1 Å². The fourth-order valence-electron chi connectivity index (χ4n) is 5.89. The van der Waals surface area contributed by atoms with Crippen LogP contribution in [0.5, 0.6) is 0 Å². The van der Waals surface area contributed by atoms with E-state index in [1.807, 2.05) is 6.07 Å². The maximum atomic E-state index is 13.5. The van der Waals surface area contributed by atoms with E-state index in [0.717, 1.165) is 4.90 Å². The fraction of sp³-hybridized carbons (Fsp3) is 0.269. The summed E-state index contributed by atoms with van der Waals surface area (Å²) >= 11 is 0. The third-order valence-corrected chi connectivity index (χ3v) is 7.63. The van der Waals surface area contributed by atoms with Gasteiger partial charge in [-0.15, -0.1) is 0 Å². The van der Waals surface area contributed by atoms with Crippen LogP contribution in [-0.2, 0) is 4.74 Å². The van der Waals surface area contributed by atoms with Crippen LogP contribution in [0.4, 0.5) is 0 Å². The standard InChI is InChI=1S/C26H22N4O7/c1-29-24(35)16-14-11-6-4-8-27-23(11)28-18(14)19-15(17(16)25(29)36)10-5-2-3-7-12(10)30(19)26-22(34)21(33)20(32)13(9-31)37-26/h2-8,13,20-22,26,31-34H,9H2,1H3,(H,27,28)/t13-,20-,21+,22-,26-/m1/s1. The van der Waals surface area contributed by atoms with Gasteiger partial charge in [-0.3, -0.25) is 14.5 Å². The van der Waals surface area contributed by atoms with Crippen molar-refractivity contribution in [3.05, 3.63) is 53.7 Å². The molecule has 0 aliphatic carbocycles. The van der Waals surface area contributed by atoms with Gasteiger partial charge in [0.15, 0.2) is 6.23 Å². The predicted octanol–water partition coefficient (Wildman–Crippen LogP) is 1.02. The van der Waals surface area contributed by atoms with Crippen LogP contribution in [0.15, 0.2) is 42.6 Å². The number of benzene rings is 2.